The van der Waals surface area contributed by atoms with Crippen molar-refractivity contribution in [1.29, 1.82) is 0 Å². The smallest absolute Gasteiger partial charge is 0.0102 e. The van der Waals surface area contributed by atoms with Crippen LogP contribution in [0.5, 0.6) is 0 Å². The van der Waals surface area contributed by atoms with Gasteiger partial charge in [-0.2, -0.15) is 0 Å². The highest BCUT2D eigenvalue weighted by atomic mass is 13.7. The Morgan fingerprint density at radius 1 is 1.80 bits per heavy atom. The quantitative estimate of drug-likeness (QED) is 0.401. The topological polar surface area (TPSA) is 0 Å². The Morgan fingerprint density at radius 2 is 2.40 bits per heavy atom. The molecular formula is C5H5. The van der Waals surface area contributed by atoms with Crippen molar-refractivity contribution in [2.45, 2.75) is 12.8 Å². The van der Waals surface area contributed by atoms with E-state index in [0.717, 1.165) is 0 Å². The van der Waals surface area contributed by atoms with Gasteiger partial charge in [0.15, 0.2) is 0 Å². The molecular weight excluding hydrogens is 60.1 g/mol. The van der Waals surface area contributed by atoms with Gasteiger partial charge in [0, 0.05) is 6.42 Å². The number of unbranched alkanes of at least 4 members (excludes halogenated alkanes) is 1. The van der Waals surface area contributed by atoms with Crippen molar-refractivity contribution in [2.75, 3.05) is 0 Å². The molecule has 0 bridgehead atoms. The van der Waals surface area contributed by atoms with E-state index in [9.17, 15) is 0 Å². The van der Waals surface area contributed by atoms with Gasteiger partial charge in [0.25, 0.3) is 0 Å². The van der Waals surface area contributed by atoms with Gasteiger partial charge in [-0.05, 0) is 19.8 Å². The lowest BCUT2D eigenvalue weighted by Gasteiger charge is -1.68. The van der Waals surface area contributed by atoms with E-state index in [4.69, 9.17) is 13.3 Å². The molecule has 0 unspecified atom stereocenters. The number of rotatable bonds is 1. The average Bonchev–Trinajstić information content (AvgIpc) is 1.41. The second-order valence-electron chi connectivity index (χ2n) is 0.715. The molecule has 3 radical (unpaired) electrons. The van der Waals surface area contributed by atoms with E-state index in [-0.39, 0.29) is 0 Å². The molecule has 0 heterocycles. The van der Waals surface area contributed by atoms with Gasteiger partial charge in [-0.25, -0.2) is 0 Å². The first-order chi connectivity index (χ1) is 2.41. The summed E-state index contributed by atoms with van der Waals surface area (Å²) >= 11 is 0. The SMILES string of the molecule is [C]#CCC[CH]. The molecule has 0 saturated carbocycles. The van der Waals surface area contributed by atoms with Crippen molar-refractivity contribution in [3.8, 4) is 5.92 Å². The van der Waals surface area contributed by atoms with Crippen molar-refractivity contribution in [3.05, 3.63) is 13.3 Å². The summed E-state index contributed by atoms with van der Waals surface area (Å²) in [5, 5.41) is 0. The summed E-state index contributed by atoms with van der Waals surface area (Å²) in [7, 11) is 0. The Kier molecular flexibility index (Phi) is 3.25. The maximum Gasteiger partial charge on any atom is 0.0102 e. The third-order valence-electron chi connectivity index (χ3n) is 0.269. The summed E-state index contributed by atoms with van der Waals surface area (Å²) in [5.74, 6) is 2.14. The van der Waals surface area contributed by atoms with Crippen LogP contribution in [0.1, 0.15) is 12.8 Å². The molecule has 0 heteroatoms. The third kappa shape index (κ3) is 3.56. The lowest BCUT2D eigenvalue weighted by atomic mass is 10.4. The van der Waals surface area contributed by atoms with E-state index in [2.05, 4.69) is 5.92 Å². The van der Waals surface area contributed by atoms with Crippen LogP contribution in [0.3, 0.4) is 0 Å². The summed E-state index contributed by atoms with van der Waals surface area (Å²) in [6, 6.07) is 0. The van der Waals surface area contributed by atoms with Crippen LogP contribution in [0.15, 0.2) is 0 Å². The molecule has 0 aromatic rings. The van der Waals surface area contributed by atoms with Crippen LogP contribution in [0.2, 0.25) is 0 Å². The lowest BCUT2D eigenvalue weighted by Crippen LogP contribution is -1.54. The zero-order valence-corrected chi connectivity index (χ0v) is 2.99. The van der Waals surface area contributed by atoms with Crippen molar-refractivity contribution in [2.24, 2.45) is 0 Å². The number of hydrogen-bond donors (Lipinski definition) is 0. The first kappa shape index (κ1) is 4.56. The first-order valence-corrected chi connectivity index (χ1v) is 1.51. The molecule has 0 aliphatic rings. The molecule has 0 spiro atoms. The van der Waals surface area contributed by atoms with Crippen LogP contribution in [0.25, 0.3) is 0 Å². The summed E-state index contributed by atoms with van der Waals surface area (Å²) in [4.78, 5) is 0. The Morgan fingerprint density at radius 3 is 2.40 bits per heavy atom. The maximum atomic E-state index is 6.27. The zero-order chi connectivity index (χ0) is 4.12. The highest BCUT2D eigenvalue weighted by Gasteiger charge is 1.62. The Labute approximate surface area is 33.2 Å². The minimum absolute atomic E-state index is 0.545. The summed E-state index contributed by atoms with van der Waals surface area (Å²) in [6.07, 6.45) is 7.40. The predicted octanol–water partition coefficient (Wildman–Crippen LogP) is 1.07. The first-order valence-electron chi connectivity index (χ1n) is 1.51. The fourth-order valence-electron chi connectivity index (χ4n) is 0.0722. The molecule has 0 atom stereocenters. The van der Waals surface area contributed by atoms with Crippen molar-refractivity contribution in [3.63, 3.8) is 0 Å². The lowest BCUT2D eigenvalue weighted by molar-refractivity contribution is 1.08. The van der Waals surface area contributed by atoms with Crippen LogP contribution >= 0.6 is 0 Å². The zero-order valence-electron chi connectivity index (χ0n) is 2.99. The van der Waals surface area contributed by atoms with Crippen molar-refractivity contribution in [1.82, 2.24) is 0 Å². The largest absolute Gasteiger partial charge is 0.0891 e. The van der Waals surface area contributed by atoms with Gasteiger partial charge in [0.05, 0.1) is 0 Å². The monoisotopic (exact) mass is 65.0 g/mol. The van der Waals surface area contributed by atoms with Crippen LogP contribution < -0.4 is 0 Å². The molecule has 0 amide bonds. The Balaban J connectivity index is 2.48. The second-order valence-corrected chi connectivity index (χ2v) is 0.715. The molecule has 0 aromatic heterocycles. The van der Waals surface area contributed by atoms with Gasteiger partial charge in [-0.15, -0.1) is 0 Å². The van der Waals surface area contributed by atoms with E-state index >= 15 is 0 Å². The van der Waals surface area contributed by atoms with Gasteiger partial charge < -0.3 is 0 Å². The van der Waals surface area contributed by atoms with Crippen molar-refractivity contribution < 1.29 is 0 Å². The van der Waals surface area contributed by atoms with Gasteiger partial charge in [0.2, 0.25) is 0 Å². The van der Waals surface area contributed by atoms with Gasteiger partial charge >= 0.3 is 0 Å². The summed E-state index contributed by atoms with van der Waals surface area (Å²) < 4.78 is 0. The van der Waals surface area contributed by atoms with Gasteiger partial charge in [-0.1, -0.05) is 5.92 Å². The molecule has 0 aliphatic heterocycles. The molecule has 0 nitrogen and oxygen atoms in total. The van der Waals surface area contributed by atoms with E-state index in [1.807, 2.05) is 0 Å². The van der Waals surface area contributed by atoms with Crippen molar-refractivity contribution >= 4 is 0 Å². The van der Waals surface area contributed by atoms with Crippen LogP contribution in [0.4, 0.5) is 0 Å². The van der Waals surface area contributed by atoms with Gasteiger partial charge in [0.1, 0.15) is 0 Å². The molecule has 0 N–H and O–H groups in total. The molecule has 0 aromatic carbocycles. The normalized spacial score (nSPS) is 6.40. The Bertz CT molecular complexity index is 38.5. The minimum atomic E-state index is 0.545. The molecule has 25 valence electrons. The minimum Gasteiger partial charge on any atom is -0.0891 e. The molecule has 0 fully saturated rings. The molecule has 5 heavy (non-hydrogen) atoms. The maximum absolute atomic E-state index is 6.27. The third-order valence-corrected chi connectivity index (χ3v) is 0.269. The van der Waals surface area contributed by atoms with Crippen LogP contribution in [0, 0.1) is 19.3 Å². The second kappa shape index (κ2) is 3.56. The van der Waals surface area contributed by atoms with Crippen LogP contribution in [-0.2, 0) is 0 Å². The molecule has 0 aliphatic carbocycles. The Hall–Kier alpha value is -0.440. The summed E-state index contributed by atoms with van der Waals surface area (Å²) in [5.41, 5.74) is 0. The van der Waals surface area contributed by atoms with Gasteiger partial charge in [-0.3, -0.25) is 0 Å². The highest BCUT2D eigenvalue weighted by molar-refractivity contribution is 4.74. The average molecular weight is 65.1 g/mol. The summed E-state index contributed by atoms with van der Waals surface area (Å²) in [6.45, 7) is 4.96. The van der Waals surface area contributed by atoms with E-state index < -0.39 is 0 Å². The van der Waals surface area contributed by atoms with E-state index in [0.29, 0.717) is 12.8 Å². The van der Waals surface area contributed by atoms with E-state index in [1.54, 1.807) is 0 Å². The predicted molar refractivity (Wildman–Crippen MR) is 20.7 cm³/mol. The molecule has 0 rings (SSSR count). The highest BCUT2D eigenvalue weighted by Crippen LogP contribution is 1.76. The van der Waals surface area contributed by atoms with E-state index in [1.165, 1.54) is 0 Å². The fourth-order valence-corrected chi connectivity index (χ4v) is 0.0722. The van der Waals surface area contributed by atoms with Crippen LogP contribution in [-0.4, -0.2) is 0 Å². The fraction of sp³-hybridized carbons (Fsp3) is 0.400. The molecule has 0 saturated heterocycles. The number of hydrogen-bond acceptors (Lipinski definition) is 0. The standard InChI is InChI=1S/C5H5/c1-3-5-4-2/h1H,3,5H2.